The van der Waals surface area contributed by atoms with E-state index < -0.39 is 30.6 Å². The van der Waals surface area contributed by atoms with Crippen molar-refractivity contribution < 1.29 is 22.7 Å². The monoisotopic (exact) mass is 271 g/mol. The quantitative estimate of drug-likeness (QED) is 0.831. The van der Waals surface area contributed by atoms with E-state index in [1.54, 1.807) is 0 Å². The van der Waals surface area contributed by atoms with Crippen LogP contribution < -0.4 is 5.73 Å². The van der Waals surface area contributed by atoms with E-state index in [0.29, 0.717) is 0 Å². The van der Waals surface area contributed by atoms with E-state index in [1.807, 2.05) is 0 Å². The van der Waals surface area contributed by atoms with Gasteiger partial charge in [-0.15, -0.1) is 0 Å². The summed E-state index contributed by atoms with van der Waals surface area (Å²) < 4.78 is 49.2. The van der Waals surface area contributed by atoms with Crippen LogP contribution in [0.3, 0.4) is 0 Å². The number of aliphatic hydroxyl groups excluding tert-OH is 1. The van der Waals surface area contributed by atoms with Gasteiger partial charge in [-0.2, -0.15) is 13.2 Å². The summed E-state index contributed by atoms with van der Waals surface area (Å²) in [6.07, 6.45) is -6.80. The lowest BCUT2D eigenvalue weighted by molar-refractivity contribution is -0.153. The van der Waals surface area contributed by atoms with Gasteiger partial charge < -0.3 is 10.8 Å². The van der Waals surface area contributed by atoms with E-state index in [9.17, 15) is 22.7 Å². The SMILES string of the molecule is N[C@H](C[C@@H](O)c1ccc(F)cc1Cl)C(F)(F)F. The molecule has 1 aromatic carbocycles. The Labute approximate surface area is 100.0 Å². The first-order chi connectivity index (χ1) is 7.71. The van der Waals surface area contributed by atoms with Crippen LogP contribution in [-0.2, 0) is 0 Å². The van der Waals surface area contributed by atoms with Crippen LogP contribution in [0.1, 0.15) is 18.1 Å². The van der Waals surface area contributed by atoms with Gasteiger partial charge in [0.25, 0.3) is 0 Å². The van der Waals surface area contributed by atoms with Crippen molar-refractivity contribution in [1.82, 2.24) is 0 Å². The second-order valence-corrected chi connectivity index (χ2v) is 3.97. The predicted molar refractivity (Wildman–Crippen MR) is 55.0 cm³/mol. The van der Waals surface area contributed by atoms with Crippen molar-refractivity contribution in [2.24, 2.45) is 5.73 Å². The second-order valence-electron chi connectivity index (χ2n) is 3.57. The zero-order valence-electron chi connectivity index (χ0n) is 8.51. The molecule has 0 amide bonds. The van der Waals surface area contributed by atoms with Crippen molar-refractivity contribution in [3.05, 3.63) is 34.6 Å². The third-order valence-corrected chi connectivity index (χ3v) is 2.55. The number of hydrogen-bond acceptors (Lipinski definition) is 2. The summed E-state index contributed by atoms with van der Waals surface area (Å²) in [4.78, 5) is 0. The van der Waals surface area contributed by atoms with Crippen LogP contribution in [0.25, 0.3) is 0 Å². The molecule has 0 spiro atoms. The van der Waals surface area contributed by atoms with Crippen molar-refractivity contribution in [2.75, 3.05) is 0 Å². The molecule has 0 heterocycles. The molecular formula is C10H10ClF4NO. The Balaban J connectivity index is 2.80. The number of rotatable bonds is 3. The summed E-state index contributed by atoms with van der Waals surface area (Å²) in [6, 6.07) is 0.896. The molecule has 17 heavy (non-hydrogen) atoms. The first-order valence-corrected chi connectivity index (χ1v) is 5.05. The maximum absolute atomic E-state index is 12.7. The maximum Gasteiger partial charge on any atom is 0.403 e. The average molecular weight is 272 g/mol. The smallest absolute Gasteiger partial charge is 0.388 e. The average Bonchev–Trinajstić information content (AvgIpc) is 2.15. The predicted octanol–water partition coefficient (Wildman–Crippen LogP) is 2.79. The van der Waals surface area contributed by atoms with Crippen LogP contribution in [0.4, 0.5) is 17.6 Å². The van der Waals surface area contributed by atoms with Gasteiger partial charge in [0.05, 0.1) is 6.10 Å². The van der Waals surface area contributed by atoms with E-state index in [1.165, 1.54) is 0 Å². The summed E-state index contributed by atoms with van der Waals surface area (Å²) in [6.45, 7) is 0. The molecule has 0 aromatic heterocycles. The van der Waals surface area contributed by atoms with Crippen LogP contribution in [0.5, 0.6) is 0 Å². The molecule has 0 radical (unpaired) electrons. The van der Waals surface area contributed by atoms with Crippen molar-refractivity contribution in [1.29, 1.82) is 0 Å². The number of benzene rings is 1. The molecular weight excluding hydrogens is 262 g/mol. The number of aliphatic hydroxyl groups is 1. The molecule has 7 heteroatoms. The molecule has 0 saturated carbocycles. The van der Waals surface area contributed by atoms with Gasteiger partial charge in [0.1, 0.15) is 11.9 Å². The van der Waals surface area contributed by atoms with Crippen molar-refractivity contribution in [3.8, 4) is 0 Å². The summed E-state index contributed by atoms with van der Waals surface area (Å²) in [7, 11) is 0. The Morgan fingerprint density at radius 3 is 2.41 bits per heavy atom. The highest BCUT2D eigenvalue weighted by molar-refractivity contribution is 6.31. The minimum Gasteiger partial charge on any atom is -0.388 e. The third-order valence-electron chi connectivity index (χ3n) is 2.22. The molecule has 0 unspecified atom stereocenters. The minimum atomic E-state index is -4.59. The zero-order valence-corrected chi connectivity index (χ0v) is 9.26. The Bertz CT molecular complexity index is 396. The van der Waals surface area contributed by atoms with E-state index in [-0.39, 0.29) is 10.6 Å². The van der Waals surface area contributed by atoms with E-state index >= 15 is 0 Å². The van der Waals surface area contributed by atoms with Crippen molar-refractivity contribution in [3.63, 3.8) is 0 Å². The van der Waals surface area contributed by atoms with Crippen LogP contribution in [-0.4, -0.2) is 17.3 Å². The molecule has 1 rings (SSSR count). The van der Waals surface area contributed by atoms with Gasteiger partial charge in [-0.25, -0.2) is 4.39 Å². The molecule has 2 nitrogen and oxygen atoms in total. The van der Waals surface area contributed by atoms with Crippen LogP contribution >= 0.6 is 11.6 Å². The Hall–Kier alpha value is -0.850. The van der Waals surface area contributed by atoms with E-state index in [2.05, 4.69) is 0 Å². The summed E-state index contributed by atoms with van der Waals surface area (Å²) in [5.74, 6) is -0.633. The number of alkyl halides is 3. The normalized spacial score (nSPS) is 15.7. The van der Waals surface area contributed by atoms with Crippen LogP contribution in [0.15, 0.2) is 18.2 Å². The van der Waals surface area contributed by atoms with Gasteiger partial charge in [0.15, 0.2) is 0 Å². The Morgan fingerprint density at radius 2 is 1.94 bits per heavy atom. The largest absolute Gasteiger partial charge is 0.403 e. The lowest BCUT2D eigenvalue weighted by Gasteiger charge is -2.19. The second kappa shape index (κ2) is 5.20. The third kappa shape index (κ3) is 3.83. The van der Waals surface area contributed by atoms with Crippen molar-refractivity contribution in [2.45, 2.75) is 24.7 Å². The van der Waals surface area contributed by atoms with Gasteiger partial charge in [-0.3, -0.25) is 0 Å². The van der Waals surface area contributed by atoms with Crippen molar-refractivity contribution >= 4 is 11.6 Å². The molecule has 1 aromatic rings. The molecule has 0 aliphatic heterocycles. The highest BCUT2D eigenvalue weighted by Gasteiger charge is 2.38. The fourth-order valence-electron chi connectivity index (χ4n) is 1.27. The van der Waals surface area contributed by atoms with Crippen LogP contribution in [0, 0.1) is 5.82 Å². The molecule has 0 bridgehead atoms. The van der Waals surface area contributed by atoms with Gasteiger partial charge in [0.2, 0.25) is 0 Å². The number of nitrogens with two attached hydrogens (primary N) is 1. The first kappa shape index (κ1) is 14.2. The lowest BCUT2D eigenvalue weighted by Crippen LogP contribution is -2.38. The topological polar surface area (TPSA) is 46.2 Å². The molecule has 0 aliphatic carbocycles. The maximum atomic E-state index is 12.7. The van der Waals surface area contributed by atoms with Gasteiger partial charge in [0, 0.05) is 11.4 Å². The van der Waals surface area contributed by atoms with Crippen LogP contribution in [0.2, 0.25) is 5.02 Å². The molecule has 2 atom stereocenters. The first-order valence-electron chi connectivity index (χ1n) is 4.67. The Morgan fingerprint density at radius 1 is 1.35 bits per heavy atom. The van der Waals surface area contributed by atoms with Gasteiger partial charge in [-0.1, -0.05) is 17.7 Å². The van der Waals surface area contributed by atoms with Gasteiger partial charge >= 0.3 is 6.18 Å². The molecule has 96 valence electrons. The highest BCUT2D eigenvalue weighted by atomic mass is 35.5. The molecule has 0 fully saturated rings. The summed E-state index contributed by atoms with van der Waals surface area (Å²) >= 11 is 5.60. The summed E-state index contributed by atoms with van der Waals surface area (Å²) in [5, 5.41) is 9.41. The van der Waals surface area contributed by atoms with E-state index in [0.717, 1.165) is 18.2 Å². The standard InChI is InChI=1S/C10H10ClF4NO/c11-7-3-5(12)1-2-6(7)8(17)4-9(16)10(13,14)15/h1-3,8-9,17H,4,16H2/t8-,9-/m1/s1. The fraction of sp³-hybridized carbons (Fsp3) is 0.400. The number of hydrogen-bond donors (Lipinski definition) is 2. The molecule has 3 N–H and O–H groups in total. The highest BCUT2D eigenvalue weighted by Crippen LogP contribution is 2.30. The summed E-state index contributed by atoms with van der Waals surface area (Å²) in [5.41, 5.74) is 4.89. The molecule has 0 aliphatic rings. The zero-order chi connectivity index (χ0) is 13.2. The van der Waals surface area contributed by atoms with Gasteiger partial charge in [-0.05, 0) is 17.7 Å². The number of halogens is 5. The Kier molecular flexibility index (Phi) is 4.35. The fourth-order valence-corrected chi connectivity index (χ4v) is 1.57. The lowest BCUT2D eigenvalue weighted by atomic mass is 10.0. The van der Waals surface area contributed by atoms with E-state index in [4.69, 9.17) is 17.3 Å². The minimum absolute atomic E-state index is 0.0211. The molecule has 0 saturated heterocycles.